The molecule has 7 nitrogen and oxygen atoms in total. The van der Waals surface area contributed by atoms with Crippen LogP contribution in [-0.2, 0) is 17.8 Å². The number of H-pyrrole nitrogens is 1. The van der Waals surface area contributed by atoms with Crippen LogP contribution in [0.25, 0.3) is 10.9 Å². The number of rotatable bonds is 4. The molecule has 2 aliphatic rings. The van der Waals surface area contributed by atoms with Gasteiger partial charge in [0.1, 0.15) is 0 Å². The third kappa shape index (κ3) is 4.34. The highest BCUT2D eigenvalue weighted by molar-refractivity contribution is 5.81. The van der Waals surface area contributed by atoms with Crippen molar-refractivity contribution in [3.05, 3.63) is 60.0 Å². The Hall–Kier alpha value is -2.77. The number of carbonyl (C=O) groups excluding carboxylic acids is 1. The van der Waals surface area contributed by atoms with Crippen LogP contribution in [0.15, 0.2) is 48.9 Å². The topological polar surface area (TPSA) is 85.3 Å². The minimum Gasteiger partial charge on any atom is -0.391 e. The second-order valence-corrected chi connectivity index (χ2v) is 9.20. The fourth-order valence-electron chi connectivity index (χ4n) is 5.28. The highest BCUT2D eigenvalue weighted by Crippen LogP contribution is 2.40. The molecule has 2 aliphatic heterocycles. The Kier molecular flexibility index (Phi) is 5.46. The van der Waals surface area contributed by atoms with Crippen LogP contribution in [0.4, 0.5) is 0 Å². The second kappa shape index (κ2) is 8.40. The number of likely N-dealkylation sites (tertiary alicyclic amines) is 2. The molecule has 4 heterocycles. The maximum absolute atomic E-state index is 12.9. The summed E-state index contributed by atoms with van der Waals surface area (Å²) in [7, 11) is 0. The first-order chi connectivity index (χ1) is 15.1. The molecule has 2 aromatic heterocycles. The van der Waals surface area contributed by atoms with Gasteiger partial charge in [-0.3, -0.25) is 19.8 Å². The molecule has 7 heteroatoms. The van der Waals surface area contributed by atoms with Crippen molar-refractivity contribution >= 4 is 16.8 Å². The standard InChI is InChI=1S/C24H29N5O2/c30-21-12-24(17-29(16-21)22(31)11-18-3-2-8-25-13-18)6-9-28(10-7-24)15-20-5-1-4-19-14-26-27-23(19)20/h1-5,8,13-14,21,30H,6-7,9-12,15-17H2,(H,26,27). The number of nitrogens with one attached hydrogen (secondary N) is 1. The van der Waals surface area contributed by atoms with E-state index in [0.717, 1.165) is 61.9 Å². The number of fused-ring (bicyclic) bond motifs is 1. The lowest BCUT2D eigenvalue weighted by Crippen LogP contribution is -2.55. The van der Waals surface area contributed by atoms with Crippen LogP contribution in [0.5, 0.6) is 0 Å². The van der Waals surface area contributed by atoms with Gasteiger partial charge in [0.05, 0.1) is 24.2 Å². The van der Waals surface area contributed by atoms with Crippen LogP contribution in [0.2, 0.25) is 0 Å². The first kappa shape index (κ1) is 20.2. The van der Waals surface area contributed by atoms with Gasteiger partial charge in [0.25, 0.3) is 0 Å². The number of amides is 1. The molecule has 0 radical (unpaired) electrons. The van der Waals surface area contributed by atoms with E-state index in [0.29, 0.717) is 13.0 Å². The number of aromatic amines is 1. The number of carbonyl (C=O) groups is 1. The van der Waals surface area contributed by atoms with Crippen LogP contribution in [-0.4, -0.2) is 68.3 Å². The quantitative estimate of drug-likeness (QED) is 0.678. The molecule has 1 amide bonds. The molecule has 5 rings (SSSR count). The number of benzene rings is 1. The number of nitrogens with zero attached hydrogens (tertiary/aromatic N) is 4. The van der Waals surface area contributed by atoms with Gasteiger partial charge in [-0.2, -0.15) is 5.10 Å². The number of aliphatic hydroxyl groups excluding tert-OH is 1. The summed E-state index contributed by atoms with van der Waals surface area (Å²) in [6, 6.07) is 10.1. The van der Waals surface area contributed by atoms with Crippen LogP contribution in [0.3, 0.4) is 0 Å². The minimum atomic E-state index is -0.447. The van der Waals surface area contributed by atoms with Crippen molar-refractivity contribution < 1.29 is 9.90 Å². The number of pyridine rings is 1. The van der Waals surface area contributed by atoms with E-state index < -0.39 is 6.10 Å². The van der Waals surface area contributed by atoms with Gasteiger partial charge >= 0.3 is 0 Å². The third-order valence-corrected chi connectivity index (χ3v) is 6.93. The van der Waals surface area contributed by atoms with E-state index in [1.165, 1.54) is 5.56 Å². The first-order valence-corrected chi connectivity index (χ1v) is 11.1. The molecule has 1 unspecified atom stereocenters. The Morgan fingerprint density at radius 2 is 2.06 bits per heavy atom. The van der Waals surface area contributed by atoms with Crippen molar-refractivity contribution in [1.29, 1.82) is 0 Å². The predicted octanol–water partition coefficient (Wildman–Crippen LogP) is 2.38. The van der Waals surface area contributed by atoms with Gasteiger partial charge in [0.15, 0.2) is 0 Å². The summed E-state index contributed by atoms with van der Waals surface area (Å²) >= 11 is 0. The number of para-hydroxylation sites is 1. The zero-order chi connectivity index (χ0) is 21.3. The zero-order valence-electron chi connectivity index (χ0n) is 17.7. The summed E-state index contributed by atoms with van der Waals surface area (Å²) in [5, 5.41) is 19.0. The number of piperidine rings is 2. The molecule has 3 aromatic rings. The average Bonchev–Trinajstić information content (AvgIpc) is 3.26. The van der Waals surface area contributed by atoms with E-state index in [1.54, 1.807) is 12.4 Å². The van der Waals surface area contributed by atoms with Crippen molar-refractivity contribution in [2.45, 2.75) is 38.3 Å². The van der Waals surface area contributed by atoms with Crippen molar-refractivity contribution in [1.82, 2.24) is 25.0 Å². The van der Waals surface area contributed by atoms with Gasteiger partial charge in [-0.25, -0.2) is 0 Å². The normalized spacial score (nSPS) is 21.6. The maximum Gasteiger partial charge on any atom is 0.227 e. The molecule has 31 heavy (non-hydrogen) atoms. The van der Waals surface area contributed by atoms with Crippen molar-refractivity contribution in [3.8, 4) is 0 Å². The van der Waals surface area contributed by atoms with Crippen molar-refractivity contribution in [3.63, 3.8) is 0 Å². The van der Waals surface area contributed by atoms with E-state index in [-0.39, 0.29) is 11.3 Å². The molecular weight excluding hydrogens is 390 g/mol. The lowest BCUT2D eigenvalue weighted by Gasteiger charge is -2.49. The van der Waals surface area contributed by atoms with Gasteiger partial charge < -0.3 is 10.0 Å². The van der Waals surface area contributed by atoms with E-state index in [9.17, 15) is 9.90 Å². The zero-order valence-corrected chi connectivity index (χ0v) is 17.7. The minimum absolute atomic E-state index is 0.0127. The van der Waals surface area contributed by atoms with Crippen LogP contribution < -0.4 is 0 Å². The predicted molar refractivity (Wildman–Crippen MR) is 118 cm³/mol. The molecular formula is C24H29N5O2. The SMILES string of the molecule is O=C(Cc1cccnc1)N1CC(O)CC2(CCN(Cc3cccc4cn[nH]c34)CC2)C1. The van der Waals surface area contributed by atoms with Gasteiger partial charge in [-0.15, -0.1) is 0 Å². The highest BCUT2D eigenvalue weighted by atomic mass is 16.3. The van der Waals surface area contributed by atoms with E-state index >= 15 is 0 Å². The average molecular weight is 420 g/mol. The Bertz CT molecular complexity index is 1040. The molecule has 162 valence electrons. The molecule has 2 fully saturated rings. The molecule has 0 aliphatic carbocycles. The molecule has 2 saturated heterocycles. The number of aliphatic hydroxyl groups is 1. The molecule has 1 spiro atoms. The summed E-state index contributed by atoms with van der Waals surface area (Å²) in [5.74, 6) is 0.0828. The van der Waals surface area contributed by atoms with Gasteiger partial charge in [-0.1, -0.05) is 24.3 Å². The Balaban J connectivity index is 1.22. The first-order valence-electron chi connectivity index (χ1n) is 11.1. The maximum atomic E-state index is 12.9. The van der Waals surface area contributed by atoms with Crippen LogP contribution >= 0.6 is 0 Å². The summed E-state index contributed by atoms with van der Waals surface area (Å²) in [6.07, 6.45) is 8.01. The number of hydrogen-bond acceptors (Lipinski definition) is 5. The summed E-state index contributed by atoms with van der Waals surface area (Å²) in [5.41, 5.74) is 3.31. The smallest absolute Gasteiger partial charge is 0.227 e. The third-order valence-electron chi connectivity index (χ3n) is 6.93. The molecule has 0 saturated carbocycles. The molecule has 1 atom stereocenters. The lowest BCUT2D eigenvalue weighted by atomic mass is 9.71. The molecule has 0 bridgehead atoms. The second-order valence-electron chi connectivity index (χ2n) is 9.20. The largest absolute Gasteiger partial charge is 0.391 e. The molecule has 2 N–H and O–H groups in total. The Morgan fingerprint density at radius 3 is 2.87 bits per heavy atom. The Morgan fingerprint density at radius 1 is 1.19 bits per heavy atom. The van der Waals surface area contributed by atoms with E-state index in [2.05, 4.69) is 38.3 Å². The molecule has 1 aromatic carbocycles. The summed E-state index contributed by atoms with van der Waals surface area (Å²) < 4.78 is 0. The van der Waals surface area contributed by atoms with E-state index in [1.807, 2.05) is 23.2 Å². The highest BCUT2D eigenvalue weighted by Gasteiger charge is 2.42. The lowest BCUT2D eigenvalue weighted by molar-refractivity contribution is -0.139. The monoisotopic (exact) mass is 419 g/mol. The fourth-order valence-corrected chi connectivity index (χ4v) is 5.28. The van der Waals surface area contributed by atoms with Crippen molar-refractivity contribution in [2.24, 2.45) is 5.41 Å². The number of aromatic nitrogens is 3. The summed E-state index contributed by atoms with van der Waals surface area (Å²) in [4.78, 5) is 21.4. The number of hydrogen-bond donors (Lipinski definition) is 2. The van der Waals surface area contributed by atoms with Gasteiger partial charge in [0, 0.05) is 37.4 Å². The van der Waals surface area contributed by atoms with Crippen molar-refractivity contribution in [2.75, 3.05) is 26.2 Å². The van der Waals surface area contributed by atoms with E-state index in [4.69, 9.17) is 0 Å². The summed E-state index contributed by atoms with van der Waals surface area (Å²) in [6.45, 7) is 4.02. The fraction of sp³-hybridized carbons (Fsp3) is 0.458. The van der Waals surface area contributed by atoms with Crippen LogP contribution in [0.1, 0.15) is 30.4 Å². The van der Waals surface area contributed by atoms with Gasteiger partial charge in [-0.05, 0) is 55.0 Å². The van der Waals surface area contributed by atoms with Crippen LogP contribution in [0, 0.1) is 5.41 Å². The van der Waals surface area contributed by atoms with Gasteiger partial charge in [0.2, 0.25) is 5.91 Å². The Labute approximate surface area is 182 Å². The number of β-amino-alcohol motifs (C(OH)–C–C–N with tert-alkyl or cyclic N) is 1.